The Bertz CT molecular complexity index is 217. The van der Waals surface area contributed by atoms with Crippen LogP contribution in [0.15, 0.2) is 0 Å². The summed E-state index contributed by atoms with van der Waals surface area (Å²) in [6.07, 6.45) is 6.88. The number of rotatable bonds is 5. The summed E-state index contributed by atoms with van der Waals surface area (Å²) in [4.78, 5) is 4.97. The largest absolute Gasteiger partial charge is 0.313 e. The lowest BCUT2D eigenvalue weighted by Gasteiger charge is -2.49. The maximum absolute atomic E-state index is 3.58. The van der Waals surface area contributed by atoms with Gasteiger partial charge in [-0.3, -0.25) is 0 Å². The fourth-order valence-electron chi connectivity index (χ4n) is 3.19. The second-order valence-corrected chi connectivity index (χ2v) is 5.96. The van der Waals surface area contributed by atoms with Crippen molar-refractivity contribution in [1.82, 2.24) is 15.1 Å². The maximum atomic E-state index is 3.58. The molecule has 94 valence electrons. The van der Waals surface area contributed by atoms with Gasteiger partial charge in [0.25, 0.3) is 0 Å². The number of nitrogens with zero attached hydrogens (tertiary/aromatic N) is 2. The lowest BCUT2D eigenvalue weighted by atomic mass is 9.75. The SMILES string of the molecule is CN(C[C@@H]1CCCN1)CC1(N(C)C)CCC1. The number of nitrogens with one attached hydrogen (secondary N) is 1. The van der Waals surface area contributed by atoms with Crippen molar-refractivity contribution in [3.05, 3.63) is 0 Å². The van der Waals surface area contributed by atoms with E-state index >= 15 is 0 Å². The number of hydrogen-bond donors (Lipinski definition) is 1. The molecule has 1 saturated carbocycles. The molecule has 0 aromatic heterocycles. The molecule has 2 fully saturated rings. The summed E-state index contributed by atoms with van der Waals surface area (Å²) in [6.45, 7) is 3.67. The standard InChI is InChI=1S/C13H27N3/c1-15(2)13(7-5-8-13)11-16(3)10-12-6-4-9-14-12/h12,14H,4-11H2,1-3H3/t12-/m0/s1. The summed E-state index contributed by atoms with van der Waals surface area (Å²) in [5.41, 5.74) is 0.480. The van der Waals surface area contributed by atoms with Crippen LogP contribution in [0, 0.1) is 0 Å². The van der Waals surface area contributed by atoms with Crippen LogP contribution >= 0.6 is 0 Å². The number of hydrogen-bond acceptors (Lipinski definition) is 3. The molecule has 0 radical (unpaired) electrons. The average molecular weight is 225 g/mol. The van der Waals surface area contributed by atoms with Gasteiger partial charge < -0.3 is 15.1 Å². The third-order valence-electron chi connectivity index (χ3n) is 4.49. The van der Waals surface area contributed by atoms with Gasteiger partial charge in [-0.25, -0.2) is 0 Å². The van der Waals surface area contributed by atoms with Crippen LogP contribution < -0.4 is 5.32 Å². The van der Waals surface area contributed by atoms with Gasteiger partial charge in [-0.1, -0.05) is 0 Å². The van der Waals surface area contributed by atoms with Crippen molar-refractivity contribution in [3.63, 3.8) is 0 Å². The highest BCUT2D eigenvalue weighted by Crippen LogP contribution is 2.36. The van der Waals surface area contributed by atoms with Gasteiger partial charge in [0.05, 0.1) is 0 Å². The third kappa shape index (κ3) is 2.58. The molecule has 1 atom stereocenters. The molecule has 2 aliphatic rings. The highest BCUT2D eigenvalue weighted by atomic mass is 15.2. The van der Waals surface area contributed by atoms with E-state index < -0.39 is 0 Å². The first kappa shape index (κ1) is 12.3. The van der Waals surface area contributed by atoms with Gasteiger partial charge in [-0.05, 0) is 59.8 Å². The zero-order valence-corrected chi connectivity index (χ0v) is 11.1. The van der Waals surface area contributed by atoms with Crippen molar-refractivity contribution in [2.45, 2.75) is 43.7 Å². The van der Waals surface area contributed by atoms with Crippen LogP contribution in [0.1, 0.15) is 32.1 Å². The molecule has 0 aromatic rings. The molecule has 3 nitrogen and oxygen atoms in total. The van der Waals surface area contributed by atoms with Crippen molar-refractivity contribution >= 4 is 0 Å². The van der Waals surface area contributed by atoms with Gasteiger partial charge in [0.1, 0.15) is 0 Å². The van der Waals surface area contributed by atoms with Crippen LogP contribution in [-0.2, 0) is 0 Å². The summed E-state index contributed by atoms with van der Waals surface area (Å²) in [5, 5.41) is 3.58. The fourth-order valence-corrected chi connectivity index (χ4v) is 3.19. The molecule has 0 amide bonds. The first-order valence-corrected chi connectivity index (χ1v) is 6.72. The van der Waals surface area contributed by atoms with Crippen LogP contribution in [0.4, 0.5) is 0 Å². The van der Waals surface area contributed by atoms with Gasteiger partial charge in [0, 0.05) is 24.7 Å². The van der Waals surface area contributed by atoms with E-state index in [1.165, 1.54) is 51.7 Å². The normalized spacial score (nSPS) is 28.7. The minimum atomic E-state index is 0.480. The second-order valence-electron chi connectivity index (χ2n) is 5.96. The Labute approximate surface area is 100 Å². The summed E-state index contributed by atoms with van der Waals surface area (Å²) in [6, 6.07) is 0.740. The van der Waals surface area contributed by atoms with E-state index in [1.807, 2.05) is 0 Å². The molecule has 1 heterocycles. The Kier molecular flexibility index (Phi) is 3.88. The Balaban J connectivity index is 1.78. The zero-order valence-electron chi connectivity index (χ0n) is 11.1. The molecule has 1 aliphatic carbocycles. The lowest BCUT2D eigenvalue weighted by Crippen LogP contribution is -2.57. The van der Waals surface area contributed by atoms with Gasteiger partial charge in [0.2, 0.25) is 0 Å². The van der Waals surface area contributed by atoms with Gasteiger partial charge in [-0.2, -0.15) is 0 Å². The van der Waals surface area contributed by atoms with Crippen molar-refractivity contribution in [1.29, 1.82) is 0 Å². The molecule has 0 aromatic carbocycles. The molecular formula is C13H27N3. The van der Waals surface area contributed by atoms with Crippen molar-refractivity contribution in [3.8, 4) is 0 Å². The maximum Gasteiger partial charge on any atom is 0.0330 e. The Morgan fingerprint density at radius 2 is 1.94 bits per heavy atom. The summed E-state index contributed by atoms with van der Waals surface area (Å²) < 4.78 is 0. The van der Waals surface area contributed by atoms with Crippen LogP contribution in [-0.4, -0.2) is 62.2 Å². The first-order valence-electron chi connectivity index (χ1n) is 6.72. The van der Waals surface area contributed by atoms with E-state index in [2.05, 4.69) is 36.3 Å². The summed E-state index contributed by atoms with van der Waals surface area (Å²) >= 11 is 0. The minimum Gasteiger partial charge on any atom is -0.313 e. The van der Waals surface area contributed by atoms with Gasteiger partial charge >= 0.3 is 0 Å². The Morgan fingerprint density at radius 1 is 1.19 bits per heavy atom. The zero-order chi connectivity index (χ0) is 11.6. The number of likely N-dealkylation sites (N-methyl/N-ethyl adjacent to an activating group) is 2. The predicted molar refractivity (Wildman–Crippen MR) is 68.8 cm³/mol. The summed E-state index contributed by atoms with van der Waals surface area (Å²) in [7, 11) is 6.76. The summed E-state index contributed by atoms with van der Waals surface area (Å²) in [5.74, 6) is 0. The van der Waals surface area contributed by atoms with E-state index in [0.29, 0.717) is 5.54 Å². The molecule has 0 spiro atoms. The topological polar surface area (TPSA) is 18.5 Å². The Morgan fingerprint density at radius 3 is 2.38 bits per heavy atom. The molecule has 2 rings (SSSR count). The smallest absolute Gasteiger partial charge is 0.0330 e. The molecule has 16 heavy (non-hydrogen) atoms. The molecule has 0 unspecified atom stereocenters. The van der Waals surface area contributed by atoms with E-state index in [-0.39, 0.29) is 0 Å². The first-order chi connectivity index (χ1) is 7.62. The highest BCUT2D eigenvalue weighted by Gasteiger charge is 2.39. The van der Waals surface area contributed by atoms with Crippen LogP contribution in [0.25, 0.3) is 0 Å². The molecule has 1 saturated heterocycles. The minimum absolute atomic E-state index is 0.480. The molecule has 1 aliphatic heterocycles. The van der Waals surface area contributed by atoms with E-state index in [0.717, 1.165) is 6.04 Å². The van der Waals surface area contributed by atoms with Crippen molar-refractivity contribution in [2.24, 2.45) is 0 Å². The van der Waals surface area contributed by atoms with E-state index in [9.17, 15) is 0 Å². The molecule has 3 heteroatoms. The predicted octanol–water partition coefficient (Wildman–Crippen LogP) is 1.15. The van der Waals surface area contributed by atoms with Crippen LogP contribution in [0.2, 0.25) is 0 Å². The van der Waals surface area contributed by atoms with E-state index in [1.54, 1.807) is 0 Å². The second kappa shape index (κ2) is 5.03. The lowest BCUT2D eigenvalue weighted by molar-refractivity contribution is 0.0261. The third-order valence-corrected chi connectivity index (χ3v) is 4.49. The molecular weight excluding hydrogens is 198 g/mol. The quantitative estimate of drug-likeness (QED) is 0.757. The van der Waals surface area contributed by atoms with E-state index in [4.69, 9.17) is 0 Å². The Hall–Kier alpha value is -0.120. The molecule has 1 N–H and O–H groups in total. The van der Waals surface area contributed by atoms with Crippen LogP contribution in [0.5, 0.6) is 0 Å². The average Bonchev–Trinajstić information content (AvgIpc) is 2.63. The monoisotopic (exact) mass is 225 g/mol. The molecule has 0 bridgehead atoms. The van der Waals surface area contributed by atoms with Crippen molar-refractivity contribution in [2.75, 3.05) is 40.8 Å². The highest BCUT2D eigenvalue weighted by molar-refractivity contribution is 4.98. The van der Waals surface area contributed by atoms with Gasteiger partial charge in [0.15, 0.2) is 0 Å². The van der Waals surface area contributed by atoms with Gasteiger partial charge in [-0.15, -0.1) is 0 Å². The van der Waals surface area contributed by atoms with Crippen LogP contribution in [0.3, 0.4) is 0 Å². The van der Waals surface area contributed by atoms with Crippen molar-refractivity contribution < 1.29 is 0 Å². The fraction of sp³-hybridized carbons (Fsp3) is 1.00.